The quantitative estimate of drug-likeness (QED) is 0.0298. The third-order valence-electron chi connectivity index (χ3n) is 12.7. The first-order chi connectivity index (χ1) is 36.1. The summed E-state index contributed by atoms with van der Waals surface area (Å²) in [5.41, 5.74) is 0. The Morgan fingerprint density at radius 1 is 0.316 bits per heavy atom. The molecule has 3 aromatic rings. The van der Waals surface area contributed by atoms with Crippen molar-refractivity contribution in [1.29, 1.82) is 0 Å². The zero-order valence-corrected chi connectivity index (χ0v) is 51.9. The molecule has 0 N–H and O–H groups in total. The SMILES string of the molecule is CCCCCCCCCCCCC(C)OP(=O)([O-])Oc1ccccc1.CCCCCCCCCCCCC(C)OP(=O)([O-])Oc1ccccc1.CCCCCCCCCCCCC(C)OP(=O)([O-])Oc1ccccc1.[Al+3]. The smallest absolute Gasteiger partial charge is 0.746 e. The minimum Gasteiger partial charge on any atom is -0.746 e. The van der Waals surface area contributed by atoms with Gasteiger partial charge in [0.2, 0.25) is 0 Å². The van der Waals surface area contributed by atoms with Gasteiger partial charge in [-0.2, -0.15) is 0 Å². The van der Waals surface area contributed by atoms with Gasteiger partial charge in [-0.25, -0.2) is 0 Å². The summed E-state index contributed by atoms with van der Waals surface area (Å²) >= 11 is 0. The number of phosphoric ester groups is 3. The summed E-state index contributed by atoms with van der Waals surface area (Å²) in [5.74, 6) is 0.853. The van der Waals surface area contributed by atoms with Crippen molar-refractivity contribution >= 4 is 40.8 Å². The van der Waals surface area contributed by atoms with Crippen LogP contribution in [0.3, 0.4) is 0 Å². The summed E-state index contributed by atoms with van der Waals surface area (Å²) < 4.78 is 65.8. The van der Waals surface area contributed by atoms with Crippen LogP contribution in [-0.4, -0.2) is 35.7 Å². The van der Waals surface area contributed by atoms with Crippen molar-refractivity contribution in [3.63, 3.8) is 0 Å². The summed E-state index contributed by atoms with van der Waals surface area (Å²) in [6, 6.07) is 25.3. The number of hydrogen-bond donors (Lipinski definition) is 0. The van der Waals surface area contributed by atoms with Crippen LogP contribution in [0.4, 0.5) is 0 Å². The van der Waals surface area contributed by atoms with Gasteiger partial charge in [-0.1, -0.05) is 268 Å². The van der Waals surface area contributed by atoms with Crippen molar-refractivity contribution in [1.82, 2.24) is 0 Å². The van der Waals surface area contributed by atoms with E-state index in [1.807, 2.05) is 0 Å². The van der Waals surface area contributed by atoms with Crippen LogP contribution in [0.1, 0.15) is 253 Å². The molecule has 0 bridgehead atoms. The van der Waals surface area contributed by atoms with Gasteiger partial charge in [-0.15, -0.1) is 0 Å². The van der Waals surface area contributed by atoms with E-state index in [1.54, 1.807) is 112 Å². The average Bonchev–Trinajstić information content (AvgIpc) is 3.36. The molecule has 0 amide bonds. The summed E-state index contributed by atoms with van der Waals surface area (Å²) in [6.07, 6.45) is 39.1. The van der Waals surface area contributed by atoms with Crippen LogP contribution in [0.25, 0.3) is 0 Å². The summed E-state index contributed by atoms with van der Waals surface area (Å²) in [4.78, 5) is 35.6. The van der Waals surface area contributed by atoms with Crippen LogP contribution in [0.2, 0.25) is 0 Å². The van der Waals surface area contributed by atoms with Gasteiger partial charge in [0.05, 0.1) is 18.3 Å². The normalized spacial score (nSPS) is 14.6. The Kier molecular flexibility index (Phi) is 47.6. The van der Waals surface area contributed by atoms with Gasteiger partial charge in [0.25, 0.3) is 0 Å². The molecule has 12 nitrogen and oxygen atoms in total. The molecule has 6 unspecified atom stereocenters. The maximum atomic E-state index is 11.9. The van der Waals surface area contributed by atoms with Gasteiger partial charge < -0.3 is 41.8 Å². The molecule has 3 rings (SSSR count). The first-order valence-electron chi connectivity index (χ1n) is 29.3. The molecule has 432 valence electrons. The molecular weight excluding hydrogens is 1030 g/mol. The van der Waals surface area contributed by atoms with Crippen LogP contribution in [0, 0.1) is 0 Å². The van der Waals surface area contributed by atoms with Crippen molar-refractivity contribution < 1.29 is 55.5 Å². The molecule has 0 aliphatic heterocycles. The van der Waals surface area contributed by atoms with E-state index in [-0.39, 0.29) is 52.9 Å². The maximum absolute atomic E-state index is 11.9. The van der Waals surface area contributed by atoms with Crippen LogP contribution in [-0.2, 0) is 27.3 Å². The second-order valence-corrected chi connectivity index (χ2v) is 24.1. The number of rotatable bonds is 45. The van der Waals surface area contributed by atoms with Gasteiger partial charge in [-0.05, 0) is 76.4 Å². The summed E-state index contributed by atoms with van der Waals surface area (Å²) in [7, 11) is -12.9. The monoisotopic (exact) mass is 1130 g/mol. The van der Waals surface area contributed by atoms with Crippen LogP contribution < -0.4 is 28.3 Å². The van der Waals surface area contributed by atoms with E-state index < -0.39 is 23.5 Å². The number of para-hydroxylation sites is 3. The fraction of sp³-hybridized carbons (Fsp3) is 0.700. The standard InChI is InChI=1S/3C20H35O4P.Al/c3*1-3-4-5-6-7-8-9-10-11-13-16-19(2)23-25(21,22)24-20-17-14-12-15-18-20;/h3*12,14-15,17-19H,3-11,13,16H2,1-2H3,(H,21,22);/q;;;+3/p-3. The Morgan fingerprint density at radius 3 is 0.671 bits per heavy atom. The Morgan fingerprint density at radius 2 is 0.487 bits per heavy atom. The molecular formula is C60H102AlO12P3. The van der Waals surface area contributed by atoms with Crippen LogP contribution >= 0.6 is 23.5 Å². The third kappa shape index (κ3) is 46.9. The molecule has 0 radical (unpaired) electrons. The molecule has 0 aliphatic carbocycles. The van der Waals surface area contributed by atoms with E-state index in [2.05, 4.69) is 20.8 Å². The third-order valence-corrected chi connectivity index (χ3v) is 15.9. The molecule has 0 spiro atoms. The Labute approximate surface area is 473 Å². The minimum atomic E-state index is -4.30. The number of unbranched alkanes of at least 4 members (excludes halogenated alkanes) is 27. The zero-order valence-electron chi connectivity index (χ0n) is 48.0. The minimum absolute atomic E-state index is 0. The van der Waals surface area contributed by atoms with E-state index in [1.165, 1.54) is 154 Å². The van der Waals surface area contributed by atoms with Crippen LogP contribution in [0.15, 0.2) is 91.0 Å². The van der Waals surface area contributed by atoms with Crippen molar-refractivity contribution in [3.05, 3.63) is 91.0 Å². The molecule has 76 heavy (non-hydrogen) atoms. The number of hydrogen-bond acceptors (Lipinski definition) is 12. The van der Waals surface area contributed by atoms with Gasteiger partial charge in [0.1, 0.15) is 17.2 Å². The first kappa shape index (κ1) is 74.0. The van der Waals surface area contributed by atoms with Crippen molar-refractivity contribution in [2.24, 2.45) is 0 Å². The van der Waals surface area contributed by atoms with Crippen molar-refractivity contribution in [2.45, 2.75) is 272 Å². The topological polar surface area (TPSA) is 176 Å². The first-order valence-corrected chi connectivity index (χ1v) is 33.7. The molecule has 16 heteroatoms. The molecule has 0 heterocycles. The van der Waals surface area contributed by atoms with E-state index >= 15 is 0 Å². The molecule has 0 saturated carbocycles. The number of benzene rings is 3. The molecule has 6 atom stereocenters. The predicted molar refractivity (Wildman–Crippen MR) is 311 cm³/mol. The van der Waals surface area contributed by atoms with E-state index in [0.717, 1.165) is 57.8 Å². The fourth-order valence-corrected chi connectivity index (χ4v) is 11.4. The van der Waals surface area contributed by atoms with Gasteiger partial charge >= 0.3 is 40.8 Å². The molecule has 0 saturated heterocycles. The van der Waals surface area contributed by atoms with Crippen molar-refractivity contribution in [2.75, 3.05) is 0 Å². The second-order valence-electron chi connectivity index (χ2n) is 20.2. The second kappa shape index (κ2) is 48.9. The van der Waals surface area contributed by atoms with E-state index in [9.17, 15) is 28.4 Å². The molecule has 0 fully saturated rings. The van der Waals surface area contributed by atoms with Crippen molar-refractivity contribution in [3.8, 4) is 17.2 Å². The van der Waals surface area contributed by atoms with Gasteiger partial charge in [0.15, 0.2) is 0 Å². The maximum Gasteiger partial charge on any atom is 3.00 e. The van der Waals surface area contributed by atoms with Gasteiger partial charge in [0, 0.05) is 0 Å². The number of phosphoric acid groups is 3. The van der Waals surface area contributed by atoms with E-state index in [0.29, 0.717) is 0 Å². The Bertz CT molecular complexity index is 1650. The molecule has 0 aromatic heterocycles. The van der Waals surface area contributed by atoms with E-state index in [4.69, 9.17) is 27.1 Å². The van der Waals surface area contributed by atoms with Crippen LogP contribution in [0.5, 0.6) is 17.2 Å². The summed E-state index contributed by atoms with van der Waals surface area (Å²) in [6.45, 7) is 12.1. The molecule has 0 aliphatic rings. The largest absolute Gasteiger partial charge is 3.00 e. The predicted octanol–water partition coefficient (Wildman–Crippen LogP) is 18.4. The Hall–Kier alpha value is -1.96. The summed E-state index contributed by atoms with van der Waals surface area (Å²) in [5, 5.41) is 0. The fourth-order valence-electron chi connectivity index (χ4n) is 8.47. The Balaban J connectivity index is 0.00000110. The van der Waals surface area contributed by atoms with Gasteiger partial charge in [-0.3, -0.25) is 13.7 Å². The average molecular weight is 1140 g/mol. The zero-order chi connectivity index (χ0) is 55.1. The molecule has 3 aromatic carbocycles.